The average Bonchev–Trinajstić information content (AvgIpc) is 3.24. The number of fused-ring (bicyclic) bond motifs is 1. The lowest BCUT2D eigenvalue weighted by atomic mass is 10.1. The van der Waals surface area contributed by atoms with Crippen molar-refractivity contribution in [2.75, 3.05) is 11.9 Å². The molecule has 10 heteroatoms. The lowest BCUT2D eigenvalue weighted by Gasteiger charge is -2.07. The molecule has 0 saturated heterocycles. The highest BCUT2D eigenvalue weighted by molar-refractivity contribution is 7.17. The number of anilines is 1. The Morgan fingerprint density at radius 3 is 2.70 bits per heavy atom. The van der Waals surface area contributed by atoms with Gasteiger partial charge in [-0.3, -0.25) is 9.59 Å². The minimum Gasteiger partial charge on any atom is -0.452 e. The van der Waals surface area contributed by atoms with Gasteiger partial charge in [-0.2, -0.15) is 13.2 Å². The number of esters is 1. The van der Waals surface area contributed by atoms with E-state index >= 15 is 0 Å². The van der Waals surface area contributed by atoms with Crippen LogP contribution >= 0.6 is 11.3 Å². The molecule has 1 aromatic heterocycles. The zero-order valence-electron chi connectivity index (χ0n) is 15.5. The molecule has 0 aliphatic heterocycles. The summed E-state index contributed by atoms with van der Waals surface area (Å²) in [5, 5.41) is 2.85. The van der Waals surface area contributed by atoms with Crippen molar-refractivity contribution in [2.24, 2.45) is 5.73 Å². The topological polar surface area (TPSA) is 98.5 Å². The number of carbonyl (C=O) groups excluding carboxylic acids is 3. The maximum atomic E-state index is 12.7. The first kappa shape index (κ1) is 21.6. The molecule has 158 valence electrons. The van der Waals surface area contributed by atoms with E-state index in [0.717, 1.165) is 54.0 Å². The molecule has 0 unspecified atom stereocenters. The number of nitrogens with two attached hydrogens (primary N) is 1. The molecule has 2 amide bonds. The van der Waals surface area contributed by atoms with Crippen LogP contribution in [-0.2, 0) is 33.3 Å². The zero-order valence-corrected chi connectivity index (χ0v) is 16.4. The second-order valence-electron chi connectivity index (χ2n) is 6.54. The van der Waals surface area contributed by atoms with Crippen molar-refractivity contribution in [3.05, 3.63) is 57.5 Å². The summed E-state index contributed by atoms with van der Waals surface area (Å²) in [6, 6.07) is 4.42. The molecule has 0 bridgehead atoms. The van der Waals surface area contributed by atoms with E-state index in [0.29, 0.717) is 5.00 Å². The van der Waals surface area contributed by atoms with E-state index in [2.05, 4.69) is 5.32 Å². The van der Waals surface area contributed by atoms with Crippen molar-refractivity contribution in [1.29, 1.82) is 0 Å². The molecular weight excluding hydrogens is 421 g/mol. The molecule has 3 N–H and O–H groups in total. The number of thiophene rings is 1. The minimum atomic E-state index is -4.49. The Morgan fingerprint density at radius 1 is 1.23 bits per heavy atom. The number of rotatable bonds is 6. The highest BCUT2D eigenvalue weighted by Crippen LogP contribution is 2.38. The number of carbonyl (C=O) groups is 3. The number of alkyl halides is 3. The van der Waals surface area contributed by atoms with Crippen LogP contribution in [-0.4, -0.2) is 24.4 Å². The number of amides is 2. The molecule has 1 aromatic carbocycles. The predicted molar refractivity (Wildman–Crippen MR) is 105 cm³/mol. The summed E-state index contributed by atoms with van der Waals surface area (Å²) < 4.78 is 42.9. The summed E-state index contributed by atoms with van der Waals surface area (Å²) in [5.74, 6) is -2.18. The van der Waals surface area contributed by atoms with Gasteiger partial charge in [0.2, 0.25) is 0 Å². The Balaban J connectivity index is 1.56. The molecular formula is C20H17F3N2O4S. The number of hydrogen-bond donors (Lipinski definition) is 2. The van der Waals surface area contributed by atoms with E-state index in [-0.39, 0.29) is 11.1 Å². The highest BCUT2D eigenvalue weighted by Gasteiger charge is 2.30. The third kappa shape index (κ3) is 5.07. The number of hydrogen-bond acceptors (Lipinski definition) is 5. The van der Waals surface area contributed by atoms with Crippen molar-refractivity contribution >= 4 is 40.2 Å². The first-order chi connectivity index (χ1) is 14.1. The van der Waals surface area contributed by atoms with Gasteiger partial charge in [-0.25, -0.2) is 4.79 Å². The second kappa shape index (κ2) is 8.70. The van der Waals surface area contributed by atoms with Crippen LogP contribution in [0.2, 0.25) is 0 Å². The lowest BCUT2D eigenvalue weighted by molar-refractivity contribution is -0.142. The van der Waals surface area contributed by atoms with Crippen molar-refractivity contribution in [1.82, 2.24) is 0 Å². The lowest BCUT2D eigenvalue weighted by Crippen LogP contribution is -2.22. The maximum Gasteiger partial charge on any atom is 0.416 e. The first-order valence-corrected chi connectivity index (χ1v) is 9.73. The number of benzene rings is 1. The fourth-order valence-electron chi connectivity index (χ4n) is 3.08. The predicted octanol–water partition coefficient (Wildman–Crippen LogP) is 3.55. The Morgan fingerprint density at radius 2 is 2.00 bits per heavy atom. The van der Waals surface area contributed by atoms with Gasteiger partial charge in [-0.05, 0) is 48.6 Å². The third-order valence-electron chi connectivity index (χ3n) is 4.39. The number of aryl methyl sites for hydroxylation is 1. The zero-order chi connectivity index (χ0) is 21.9. The van der Waals surface area contributed by atoms with Gasteiger partial charge >= 0.3 is 12.1 Å². The fraction of sp³-hybridized carbons (Fsp3) is 0.250. The normalized spacial score (nSPS) is 13.3. The van der Waals surface area contributed by atoms with Gasteiger partial charge in [-0.15, -0.1) is 11.3 Å². The summed E-state index contributed by atoms with van der Waals surface area (Å²) in [7, 11) is 0. The molecule has 2 aromatic rings. The van der Waals surface area contributed by atoms with Gasteiger partial charge in [-0.1, -0.05) is 12.1 Å². The third-order valence-corrected chi connectivity index (χ3v) is 5.60. The van der Waals surface area contributed by atoms with Crippen LogP contribution in [0.25, 0.3) is 6.08 Å². The standard InChI is InChI=1S/C20H17F3N2O4S/c21-20(22,23)12-4-1-3-11(9-12)7-8-16(27)29-10-15(26)25-19-17(18(24)28)13-5-2-6-14(13)30-19/h1,3-4,7-9H,2,5-6,10H2,(H2,24,28)(H,25,26)/b8-7+. The fourth-order valence-corrected chi connectivity index (χ4v) is 4.39. The molecule has 0 fully saturated rings. The number of primary amides is 1. The smallest absolute Gasteiger partial charge is 0.416 e. The molecule has 1 aliphatic carbocycles. The van der Waals surface area contributed by atoms with E-state index in [4.69, 9.17) is 10.5 Å². The van der Waals surface area contributed by atoms with Crippen molar-refractivity contribution in [2.45, 2.75) is 25.4 Å². The number of halogens is 3. The number of nitrogens with one attached hydrogen (secondary N) is 1. The van der Waals surface area contributed by atoms with Crippen molar-refractivity contribution in [3.63, 3.8) is 0 Å². The van der Waals surface area contributed by atoms with Crippen LogP contribution in [0.1, 0.15) is 38.3 Å². The Kier molecular flexibility index (Phi) is 6.25. The first-order valence-electron chi connectivity index (χ1n) is 8.91. The molecule has 1 aliphatic rings. The molecule has 3 rings (SSSR count). The van der Waals surface area contributed by atoms with Gasteiger partial charge in [0, 0.05) is 11.0 Å². The van der Waals surface area contributed by atoms with Gasteiger partial charge in [0.15, 0.2) is 6.61 Å². The highest BCUT2D eigenvalue weighted by atomic mass is 32.1. The molecule has 0 radical (unpaired) electrons. The maximum absolute atomic E-state index is 12.7. The Hall–Kier alpha value is -3.14. The molecule has 30 heavy (non-hydrogen) atoms. The van der Waals surface area contributed by atoms with Gasteiger partial charge in [0.05, 0.1) is 11.1 Å². The van der Waals surface area contributed by atoms with E-state index in [1.807, 2.05) is 0 Å². The Bertz CT molecular complexity index is 1030. The molecule has 6 nitrogen and oxygen atoms in total. The summed E-state index contributed by atoms with van der Waals surface area (Å²) >= 11 is 1.27. The van der Waals surface area contributed by atoms with Crippen LogP contribution in [0.3, 0.4) is 0 Å². The van der Waals surface area contributed by atoms with Crippen LogP contribution in [0.4, 0.5) is 18.2 Å². The largest absolute Gasteiger partial charge is 0.452 e. The summed E-state index contributed by atoms with van der Waals surface area (Å²) in [6.07, 6.45) is 0.0439. The van der Waals surface area contributed by atoms with E-state index < -0.39 is 36.1 Å². The van der Waals surface area contributed by atoms with E-state index in [1.54, 1.807) is 0 Å². The van der Waals surface area contributed by atoms with Crippen LogP contribution in [0.15, 0.2) is 30.3 Å². The average molecular weight is 438 g/mol. The number of ether oxygens (including phenoxy) is 1. The van der Waals surface area contributed by atoms with Crippen LogP contribution < -0.4 is 11.1 Å². The van der Waals surface area contributed by atoms with Crippen molar-refractivity contribution < 1.29 is 32.3 Å². The second-order valence-corrected chi connectivity index (χ2v) is 7.64. The van der Waals surface area contributed by atoms with Gasteiger partial charge in [0.25, 0.3) is 11.8 Å². The van der Waals surface area contributed by atoms with Gasteiger partial charge < -0.3 is 15.8 Å². The van der Waals surface area contributed by atoms with Crippen molar-refractivity contribution in [3.8, 4) is 0 Å². The molecule has 0 spiro atoms. The van der Waals surface area contributed by atoms with Crippen LogP contribution in [0.5, 0.6) is 0 Å². The molecule has 0 saturated carbocycles. The Labute approximate surface area is 173 Å². The minimum absolute atomic E-state index is 0.158. The SMILES string of the molecule is NC(=O)c1c(NC(=O)COC(=O)/C=C/c2cccc(C(F)(F)F)c2)sc2c1CCC2. The van der Waals surface area contributed by atoms with Crippen LogP contribution in [0, 0.1) is 0 Å². The summed E-state index contributed by atoms with van der Waals surface area (Å²) in [6.45, 7) is -0.619. The summed E-state index contributed by atoms with van der Waals surface area (Å²) in [5.41, 5.74) is 5.87. The molecule has 0 atom stereocenters. The summed E-state index contributed by atoms with van der Waals surface area (Å²) in [4.78, 5) is 36.5. The quantitative estimate of drug-likeness (QED) is 0.532. The van der Waals surface area contributed by atoms with Gasteiger partial charge in [0.1, 0.15) is 5.00 Å². The van der Waals surface area contributed by atoms with E-state index in [1.165, 1.54) is 23.5 Å². The molecule has 1 heterocycles. The monoisotopic (exact) mass is 438 g/mol. The van der Waals surface area contributed by atoms with E-state index in [9.17, 15) is 27.6 Å².